The van der Waals surface area contributed by atoms with Gasteiger partial charge in [0, 0.05) is 11.8 Å². The van der Waals surface area contributed by atoms with E-state index in [-0.39, 0.29) is 11.7 Å². The van der Waals surface area contributed by atoms with Crippen molar-refractivity contribution in [3.05, 3.63) is 0 Å². The van der Waals surface area contributed by atoms with Crippen LogP contribution in [0.15, 0.2) is 0 Å². The van der Waals surface area contributed by atoms with E-state index < -0.39 is 19.5 Å². The van der Waals surface area contributed by atoms with Gasteiger partial charge in [-0.25, -0.2) is 0 Å². The highest BCUT2D eigenvalue weighted by Gasteiger charge is 2.54. The van der Waals surface area contributed by atoms with Crippen molar-refractivity contribution in [3.8, 4) is 0 Å². The summed E-state index contributed by atoms with van der Waals surface area (Å²) in [6, 6.07) is 0. The third-order valence-corrected chi connectivity index (χ3v) is 9.07. The van der Waals surface area contributed by atoms with E-state index in [9.17, 15) is 4.79 Å². The molecule has 5 atom stereocenters. The van der Waals surface area contributed by atoms with Crippen LogP contribution in [0.3, 0.4) is 0 Å². The second-order valence-corrected chi connectivity index (χ2v) is 11.4. The highest BCUT2D eigenvalue weighted by atomic mass is 28.2. The first-order valence-electron chi connectivity index (χ1n) is 11.0. The Labute approximate surface area is 166 Å². The molecule has 2 rings (SSSR count). The first kappa shape index (κ1) is 22.3. The normalized spacial score (nSPS) is 35.7. The first-order valence-corrected chi connectivity index (χ1v) is 15.0. The number of hydrogen-bond donors (Lipinski definition) is 0. The molecule has 0 saturated heterocycles. The Morgan fingerprint density at radius 3 is 2.38 bits per heavy atom. The zero-order valence-electron chi connectivity index (χ0n) is 18.1. The lowest BCUT2D eigenvalue weighted by Crippen LogP contribution is -2.53. The molecule has 3 nitrogen and oxygen atoms in total. The fraction of sp³-hybridized carbons (Fsp3) is 0.952. The van der Waals surface area contributed by atoms with Crippen LogP contribution in [0.4, 0.5) is 0 Å². The van der Waals surface area contributed by atoms with Gasteiger partial charge in [-0.1, -0.05) is 53.6 Å². The van der Waals surface area contributed by atoms with Gasteiger partial charge in [0.05, 0.1) is 0 Å². The van der Waals surface area contributed by atoms with Crippen LogP contribution < -0.4 is 0 Å². The lowest BCUT2D eigenvalue weighted by Gasteiger charge is -2.59. The summed E-state index contributed by atoms with van der Waals surface area (Å²) < 4.78 is 12.5. The molecule has 0 aromatic heterocycles. The van der Waals surface area contributed by atoms with Gasteiger partial charge >= 0.3 is 0 Å². The largest absolute Gasteiger partial charge is 0.400 e. The third kappa shape index (κ3) is 4.36. The second-order valence-electron chi connectivity index (χ2n) is 9.59. The molecule has 0 spiro atoms. The van der Waals surface area contributed by atoms with Gasteiger partial charge in [-0.15, -0.1) is 0 Å². The van der Waals surface area contributed by atoms with Crippen molar-refractivity contribution in [2.45, 2.75) is 92.0 Å². The SMILES string of the molecule is C[SiH2]OC(O[SiH2]C)C(C)(C)[C@H]1CCC[C@@]2(C)[C@@H]([C@H](C)CC=O)CCC[C@H]12. The van der Waals surface area contributed by atoms with Gasteiger partial charge in [-0.05, 0) is 54.8 Å². The number of aldehydes is 1. The number of hydrogen-bond acceptors (Lipinski definition) is 3. The van der Waals surface area contributed by atoms with E-state index in [2.05, 4.69) is 40.8 Å². The van der Waals surface area contributed by atoms with Gasteiger partial charge in [0.25, 0.3) is 0 Å². The van der Waals surface area contributed by atoms with Gasteiger partial charge < -0.3 is 13.6 Å². The summed E-state index contributed by atoms with van der Waals surface area (Å²) >= 11 is 0. The monoisotopic (exact) mass is 398 g/mol. The Hall–Kier alpha value is 0.0238. The molecule has 0 bridgehead atoms. The Balaban J connectivity index is 2.29. The van der Waals surface area contributed by atoms with Crippen LogP contribution in [0.25, 0.3) is 0 Å². The van der Waals surface area contributed by atoms with E-state index in [1.54, 1.807) is 0 Å². The lowest BCUT2D eigenvalue weighted by atomic mass is 9.47. The minimum Gasteiger partial charge on any atom is -0.400 e. The van der Waals surface area contributed by atoms with E-state index in [0.717, 1.165) is 18.6 Å². The molecule has 2 aliphatic rings. The highest BCUT2D eigenvalue weighted by molar-refractivity contribution is 6.26. The van der Waals surface area contributed by atoms with Gasteiger partial charge in [0.1, 0.15) is 12.6 Å². The van der Waals surface area contributed by atoms with Crippen molar-refractivity contribution in [3.63, 3.8) is 0 Å². The molecule has 0 radical (unpaired) electrons. The lowest BCUT2D eigenvalue weighted by molar-refractivity contribution is -0.159. The third-order valence-electron chi connectivity index (χ3n) is 7.79. The molecule has 0 amide bonds. The topological polar surface area (TPSA) is 35.5 Å². The Morgan fingerprint density at radius 1 is 1.15 bits per heavy atom. The van der Waals surface area contributed by atoms with Crippen molar-refractivity contribution >= 4 is 25.8 Å². The maximum absolute atomic E-state index is 11.2. The summed E-state index contributed by atoms with van der Waals surface area (Å²) in [7, 11) is -0.967. The molecule has 0 unspecified atom stereocenters. The average molecular weight is 399 g/mol. The van der Waals surface area contributed by atoms with Gasteiger partial charge in [0.15, 0.2) is 19.5 Å². The van der Waals surface area contributed by atoms with E-state index in [4.69, 9.17) is 8.85 Å². The molecule has 0 aliphatic heterocycles. The Kier molecular flexibility index (Phi) is 8.14. The number of rotatable bonds is 9. The quantitative estimate of drug-likeness (QED) is 0.333. The van der Waals surface area contributed by atoms with Gasteiger partial charge in [-0.2, -0.15) is 0 Å². The molecule has 0 aromatic rings. The summed E-state index contributed by atoms with van der Waals surface area (Å²) in [6.07, 6.45) is 9.76. The van der Waals surface area contributed by atoms with Crippen LogP contribution in [-0.4, -0.2) is 32.1 Å². The Bertz CT molecular complexity index is 451. The van der Waals surface area contributed by atoms with Crippen LogP contribution >= 0.6 is 0 Å². The summed E-state index contributed by atoms with van der Waals surface area (Å²) in [6.45, 7) is 14.1. The predicted octanol–water partition coefficient (Wildman–Crippen LogP) is 4.08. The van der Waals surface area contributed by atoms with Crippen molar-refractivity contribution in [2.75, 3.05) is 0 Å². The molecule has 2 fully saturated rings. The maximum Gasteiger partial charge on any atom is 0.161 e. The number of carbonyl (C=O) groups is 1. The van der Waals surface area contributed by atoms with Gasteiger partial charge in [-0.3, -0.25) is 0 Å². The fourth-order valence-corrected chi connectivity index (χ4v) is 8.37. The van der Waals surface area contributed by atoms with Gasteiger partial charge in [0.2, 0.25) is 0 Å². The predicted molar refractivity (Wildman–Crippen MR) is 115 cm³/mol. The molecule has 152 valence electrons. The fourth-order valence-electron chi connectivity index (χ4n) is 6.52. The van der Waals surface area contributed by atoms with Crippen LogP contribution in [0.1, 0.15) is 72.6 Å². The smallest absolute Gasteiger partial charge is 0.161 e. The zero-order valence-corrected chi connectivity index (χ0v) is 20.9. The standard InChI is InChI=1S/C21H42O3Si2/c1-15(12-14-22)16-9-7-10-18-17(11-8-13-21(16,18)4)20(2,3)19(23-25-5)24-26-6/h14-19H,7-13,25-26H2,1-6H3/t15-,16-,17+,18-,21+/m1/s1. The molecular weight excluding hydrogens is 356 g/mol. The van der Waals surface area contributed by atoms with Crippen LogP contribution in [0.5, 0.6) is 0 Å². The van der Waals surface area contributed by atoms with E-state index in [1.807, 2.05) is 0 Å². The molecule has 0 heterocycles. The molecular formula is C21H42O3Si2. The zero-order chi connectivity index (χ0) is 19.4. The molecule has 0 aromatic carbocycles. The Morgan fingerprint density at radius 2 is 1.81 bits per heavy atom. The van der Waals surface area contributed by atoms with E-state index in [1.165, 1.54) is 38.5 Å². The van der Waals surface area contributed by atoms with Crippen molar-refractivity contribution in [1.82, 2.24) is 0 Å². The van der Waals surface area contributed by atoms with Crippen LogP contribution in [0.2, 0.25) is 13.1 Å². The van der Waals surface area contributed by atoms with Crippen molar-refractivity contribution < 1.29 is 13.6 Å². The second kappa shape index (κ2) is 9.48. The van der Waals surface area contributed by atoms with Crippen molar-refractivity contribution in [1.29, 1.82) is 0 Å². The summed E-state index contributed by atoms with van der Waals surface area (Å²) in [5, 5.41) is 0. The van der Waals surface area contributed by atoms with Crippen LogP contribution in [-0.2, 0) is 13.6 Å². The molecule has 5 heteroatoms. The minimum atomic E-state index is -0.483. The number of carbonyl (C=O) groups excluding carboxylic acids is 1. The van der Waals surface area contributed by atoms with E-state index in [0.29, 0.717) is 23.2 Å². The van der Waals surface area contributed by atoms with E-state index >= 15 is 0 Å². The number of fused-ring (bicyclic) bond motifs is 1. The summed E-state index contributed by atoms with van der Waals surface area (Å²) in [5.41, 5.74) is 0.451. The first-order chi connectivity index (χ1) is 12.3. The molecule has 0 N–H and O–H groups in total. The molecule has 26 heavy (non-hydrogen) atoms. The molecule has 2 saturated carbocycles. The summed E-state index contributed by atoms with van der Waals surface area (Å²) in [5.74, 6) is 2.60. The maximum atomic E-state index is 11.2. The van der Waals surface area contributed by atoms with Crippen molar-refractivity contribution in [2.24, 2.45) is 34.5 Å². The minimum absolute atomic E-state index is 0.00374. The molecule has 2 aliphatic carbocycles. The van der Waals surface area contributed by atoms with Crippen LogP contribution in [0, 0.1) is 34.5 Å². The highest BCUT2D eigenvalue weighted by Crippen LogP contribution is 2.61. The summed E-state index contributed by atoms with van der Waals surface area (Å²) in [4.78, 5) is 11.2. The average Bonchev–Trinajstić information content (AvgIpc) is 2.60.